The molecule has 0 fully saturated rings. The zero-order chi connectivity index (χ0) is 69.9. The number of aliphatic hydroxyl groups is 2. The van der Waals surface area contributed by atoms with Crippen molar-refractivity contribution in [2.24, 2.45) is 5.73 Å². The molecule has 1 amide bonds. The monoisotopic (exact) mass is 1310 g/mol. The number of amides is 1. The zero-order valence-electron chi connectivity index (χ0n) is 52.8. The van der Waals surface area contributed by atoms with Gasteiger partial charge in [0.05, 0.1) is 39.0 Å². The van der Waals surface area contributed by atoms with Gasteiger partial charge in [0.15, 0.2) is 17.6 Å². The number of hydrogen-bond donors (Lipinski definition) is 10. The Balaban J connectivity index is 0.000000225. The fourth-order valence-electron chi connectivity index (χ4n) is 8.04. The van der Waals surface area contributed by atoms with Crippen LogP contribution in [0.4, 0.5) is 33.8 Å². The van der Waals surface area contributed by atoms with Gasteiger partial charge in [0, 0.05) is 93.2 Å². The molecule has 494 valence electrons. The van der Waals surface area contributed by atoms with Crippen molar-refractivity contribution in [1.29, 1.82) is 5.26 Å². The molecule has 0 spiro atoms. The molecule has 0 atom stereocenters. The number of likely N-dealkylation sites (N-methyl/N-ethyl adjacent to an activating group) is 3. The first-order chi connectivity index (χ1) is 46.9. The summed E-state index contributed by atoms with van der Waals surface area (Å²) in [6, 6.07) is 39.0. The first kappa shape index (κ1) is 72.8. The van der Waals surface area contributed by atoms with Crippen LogP contribution in [-0.4, -0.2) is 145 Å². The molecule has 28 nitrogen and oxygen atoms in total. The van der Waals surface area contributed by atoms with Crippen LogP contribution in [0.3, 0.4) is 0 Å². The van der Waals surface area contributed by atoms with Crippen molar-refractivity contribution in [2.45, 2.75) is 26.3 Å². The van der Waals surface area contributed by atoms with E-state index in [1.165, 1.54) is 12.7 Å². The number of carbonyl (C=O) groups excluding carboxylic acids is 2. The van der Waals surface area contributed by atoms with Crippen molar-refractivity contribution in [3.8, 4) is 53.4 Å². The van der Waals surface area contributed by atoms with E-state index in [2.05, 4.69) is 85.6 Å². The summed E-state index contributed by atoms with van der Waals surface area (Å²) in [6.07, 6.45) is 5.22. The van der Waals surface area contributed by atoms with Crippen LogP contribution in [0.25, 0.3) is 27.2 Å². The SMILES string of the molecule is CN(CCO)c1ccc(C#CC=O)cc1.CN(CCOC(=O)NCc1ccc(COc2nc(N)nc3nc[nH]c23)cc1)c1ccc(C#C/C=C(\C#N)C(=O)O)cc1.NCc1ccc(COc2nc(N)nc3nc[nH]c23)cc1.[C-]#[N+]/C(=C\C#Cc1ccc(N(C)CCO)cc1)C(=O)O. The van der Waals surface area contributed by atoms with Crippen LogP contribution in [0.15, 0.2) is 157 Å². The first-order valence-corrected chi connectivity index (χ1v) is 29.2. The van der Waals surface area contributed by atoms with Crippen molar-refractivity contribution in [1.82, 2.24) is 45.2 Å². The van der Waals surface area contributed by atoms with E-state index in [-0.39, 0.29) is 38.3 Å². The van der Waals surface area contributed by atoms with Gasteiger partial charge in [-0.25, -0.2) is 24.4 Å². The second-order valence-electron chi connectivity index (χ2n) is 20.1. The maximum absolute atomic E-state index is 12.2. The molecule has 4 aromatic heterocycles. The van der Waals surface area contributed by atoms with Crippen LogP contribution < -0.4 is 46.7 Å². The standard InChI is InChI=1S/C29H26N8O5.C15H14N2O3.C13H14N6O.C12H13NO2/c1-37(23-11-9-19(10-12-23)3-2-4-22(15-30)27(38)39)13-14-41-29(40)32-16-20-5-7-21(8-6-20)17-42-26-24-25(34-18-33-24)35-28(31)36-26;1-16-14(15(19)20)5-3-4-12-6-8-13(9-7-12)17(2)10-11-18;14-5-8-1-3-9(4-2-8)6-20-12-10-11(17-7-16-10)18-13(15)19-12;1-13(8-10-15)12-6-4-11(5-7-12)3-2-9-14/h4-12,18H,13-14,16-17H2,1H3,(H,32,40)(H,38,39)(H3,31,33,34,35,36);5-9,18H,10-11H2,2H3,(H,19,20);1-4,7H,5-6,14H2,(H3,15,16,17,18,19);4-7,9,15H,8,10H2,1H3/b22-4+;14-5-;;. The molecule has 0 aliphatic carbocycles. The van der Waals surface area contributed by atoms with Gasteiger partial charge in [0.2, 0.25) is 23.7 Å². The van der Waals surface area contributed by atoms with Crippen LogP contribution in [0, 0.1) is 53.4 Å². The first-order valence-electron chi connectivity index (χ1n) is 29.2. The average molecular weight is 1310 g/mol. The predicted octanol–water partition coefficient (Wildman–Crippen LogP) is 5.76. The number of alkyl carbamates (subject to hydrolysis) is 1. The topological polar surface area (TPSA) is 414 Å². The van der Waals surface area contributed by atoms with Gasteiger partial charge in [-0.05, 0) is 101 Å². The number of aromatic amines is 2. The third-order valence-electron chi connectivity index (χ3n) is 13.3. The molecular formula is C69H67N17O11. The molecule has 0 saturated heterocycles. The van der Waals surface area contributed by atoms with Gasteiger partial charge in [-0.2, -0.15) is 25.2 Å². The summed E-state index contributed by atoms with van der Waals surface area (Å²) < 4.78 is 16.8. The fraction of sp³-hybridized carbons (Fsp3) is 0.188. The number of allylic oxidation sites excluding steroid dienone is 2. The third-order valence-corrected chi connectivity index (χ3v) is 13.3. The van der Waals surface area contributed by atoms with Crippen molar-refractivity contribution in [3.05, 3.63) is 208 Å². The number of hydrogen-bond acceptors (Lipinski definition) is 22. The van der Waals surface area contributed by atoms with Crippen molar-refractivity contribution >= 4 is 75.6 Å². The van der Waals surface area contributed by atoms with E-state index < -0.39 is 29.3 Å². The highest BCUT2D eigenvalue weighted by molar-refractivity contribution is 5.91. The number of aldehydes is 1. The van der Waals surface area contributed by atoms with Crippen LogP contribution in [0.1, 0.15) is 38.9 Å². The Morgan fingerprint density at radius 3 is 1.43 bits per heavy atom. The predicted molar refractivity (Wildman–Crippen MR) is 363 cm³/mol. The lowest BCUT2D eigenvalue weighted by molar-refractivity contribution is -0.133. The highest BCUT2D eigenvalue weighted by Gasteiger charge is 2.13. The molecule has 13 N–H and O–H groups in total. The molecule has 0 saturated carbocycles. The van der Waals surface area contributed by atoms with Gasteiger partial charge in [-0.1, -0.05) is 78.1 Å². The Hall–Kier alpha value is -13.3. The lowest BCUT2D eigenvalue weighted by Crippen LogP contribution is -2.28. The molecule has 9 rings (SSSR count). The number of fused-ring (bicyclic) bond motifs is 2. The smallest absolute Gasteiger partial charge is 0.407 e. The molecular weight excluding hydrogens is 1240 g/mol. The van der Waals surface area contributed by atoms with Crippen LogP contribution in [0.5, 0.6) is 11.8 Å². The molecule has 0 radical (unpaired) electrons. The number of carboxylic acid groups (broad SMARTS) is 2. The van der Waals surface area contributed by atoms with Gasteiger partial charge in [-0.15, -0.1) is 0 Å². The maximum atomic E-state index is 12.2. The minimum atomic E-state index is -1.32. The van der Waals surface area contributed by atoms with E-state index in [9.17, 15) is 19.2 Å². The number of nitriles is 1. The van der Waals surface area contributed by atoms with Gasteiger partial charge in [0.1, 0.15) is 42.5 Å². The van der Waals surface area contributed by atoms with Crippen LogP contribution >= 0.6 is 0 Å². The highest BCUT2D eigenvalue weighted by atomic mass is 16.5. The van der Waals surface area contributed by atoms with E-state index in [0.717, 1.165) is 62.6 Å². The van der Waals surface area contributed by atoms with Crippen LogP contribution in [0.2, 0.25) is 0 Å². The number of H-pyrrole nitrogens is 2. The Bertz CT molecular complexity index is 4450. The number of imidazole rings is 2. The van der Waals surface area contributed by atoms with Gasteiger partial charge < -0.3 is 81.8 Å². The molecule has 5 aromatic carbocycles. The minimum Gasteiger partial charge on any atom is -0.486 e. The summed E-state index contributed by atoms with van der Waals surface area (Å²) in [7, 11) is 5.64. The summed E-state index contributed by atoms with van der Waals surface area (Å²) >= 11 is 0. The molecule has 97 heavy (non-hydrogen) atoms. The Labute approximate surface area is 557 Å². The fourth-order valence-corrected chi connectivity index (χ4v) is 8.04. The Morgan fingerprint density at radius 1 is 0.608 bits per heavy atom. The number of nitrogens with two attached hydrogens (primary N) is 3. The van der Waals surface area contributed by atoms with Crippen molar-refractivity contribution in [3.63, 3.8) is 0 Å². The molecule has 9 aromatic rings. The van der Waals surface area contributed by atoms with Gasteiger partial charge in [0.25, 0.3) is 5.70 Å². The zero-order valence-corrected chi connectivity index (χ0v) is 52.8. The van der Waals surface area contributed by atoms with Crippen LogP contribution in [-0.2, 0) is 45.4 Å². The lowest BCUT2D eigenvalue weighted by Gasteiger charge is -2.19. The number of rotatable bonds is 21. The number of anilines is 5. The number of nitrogen functional groups attached to an aromatic ring is 2. The number of nitrogens with one attached hydrogen (secondary N) is 3. The van der Waals surface area contributed by atoms with E-state index in [0.29, 0.717) is 85.3 Å². The molecule has 0 aliphatic heterocycles. The molecule has 4 heterocycles. The second-order valence-corrected chi connectivity index (χ2v) is 20.1. The number of aliphatic carboxylic acids is 2. The third kappa shape index (κ3) is 24.0. The van der Waals surface area contributed by atoms with E-state index in [1.54, 1.807) is 30.3 Å². The number of nitrogens with zero attached hydrogens (tertiary/aromatic N) is 11. The van der Waals surface area contributed by atoms with Crippen molar-refractivity contribution < 1.29 is 53.8 Å². The quantitative estimate of drug-likeness (QED) is 0.0134. The largest absolute Gasteiger partial charge is 0.486 e. The molecule has 0 bridgehead atoms. The summed E-state index contributed by atoms with van der Waals surface area (Å²) in [5.41, 5.74) is 27.1. The highest BCUT2D eigenvalue weighted by Crippen LogP contribution is 2.23. The van der Waals surface area contributed by atoms with E-state index in [1.807, 2.05) is 133 Å². The Morgan fingerprint density at radius 2 is 1.03 bits per heavy atom. The number of benzene rings is 5. The Kier molecular flexibility index (Phi) is 28.9. The number of aromatic nitrogens is 8. The molecule has 0 aliphatic rings. The summed E-state index contributed by atoms with van der Waals surface area (Å²) in [4.78, 5) is 82.4. The number of carboxylic acids is 2. The van der Waals surface area contributed by atoms with Gasteiger partial charge in [-0.3, -0.25) is 9.59 Å². The summed E-state index contributed by atoms with van der Waals surface area (Å²) in [6.45, 7) is 10.1. The number of carbonyl (C=O) groups is 4. The molecule has 0 unspecified atom stereocenters. The minimum absolute atomic E-state index is 0.0760. The normalized spacial score (nSPS) is 10.4. The van der Waals surface area contributed by atoms with E-state index in [4.69, 9.17) is 63.7 Å². The second kappa shape index (κ2) is 38.5. The summed E-state index contributed by atoms with van der Waals surface area (Å²) in [5.74, 6) is 14.0. The number of ether oxygens (including phenoxy) is 3. The van der Waals surface area contributed by atoms with Crippen molar-refractivity contribution in [2.75, 3.05) is 86.8 Å². The average Bonchev–Trinajstić information content (AvgIpc) is 1.76. The summed E-state index contributed by atoms with van der Waals surface area (Å²) in [5, 5.41) is 46.5. The molecule has 28 heteroatoms. The van der Waals surface area contributed by atoms with Gasteiger partial charge >= 0.3 is 18.0 Å². The number of aliphatic hydroxyl groups excluding tert-OH is 2. The lowest BCUT2D eigenvalue weighted by atomic mass is 10.1. The van der Waals surface area contributed by atoms with E-state index >= 15 is 0 Å². The maximum Gasteiger partial charge on any atom is 0.407 e.